The molecule has 1 atom stereocenters. The maximum Gasteiger partial charge on any atom is 0.331 e. The maximum absolute atomic E-state index is 12.2. The molecule has 0 bridgehead atoms. The number of esters is 1. The molecule has 0 saturated carbocycles. The molecule has 0 unspecified atom stereocenters. The van der Waals surface area contributed by atoms with Crippen molar-refractivity contribution in [2.24, 2.45) is 0 Å². The highest BCUT2D eigenvalue weighted by atomic mass is 16.6. The van der Waals surface area contributed by atoms with Crippen LogP contribution < -0.4 is 0 Å². The summed E-state index contributed by atoms with van der Waals surface area (Å²) >= 11 is 0. The minimum atomic E-state index is -0.662. The molecule has 0 amide bonds. The molecule has 2 aromatic carbocycles. The predicted molar refractivity (Wildman–Crippen MR) is 116 cm³/mol. The Balaban J connectivity index is 1.33. The van der Waals surface area contributed by atoms with Crippen LogP contribution in [0.5, 0.6) is 0 Å². The molecule has 0 radical (unpaired) electrons. The van der Waals surface area contributed by atoms with E-state index in [9.17, 15) is 4.79 Å². The van der Waals surface area contributed by atoms with E-state index in [1.165, 1.54) is 6.08 Å². The molecule has 0 aliphatic heterocycles. The molecular weight excluding hydrogens is 392 g/mol. The van der Waals surface area contributed by atoms with E-state index in [1.807, 2.05) is 72.4 Å². The van der Waals surface area contributed by atoms with Crippen molar-refractivity contribution in [1.29, 1.82) is 0 Å². The van der Waals surface area contributed by atoms with Gasteiger partial charge in [-0.2, -0.15) is 5.10 Å². The van der Waals surface area contributed by atoms with E-state index in [4.69, 9.17) is 9.15 Å². The Morgan fingerprint density at radius 2 is 1.90 bits per heavy atom. The van der Waals surface area contributed by atoms with Gasteiger partial charge >= 0.3 is 5.97 Å². The van der Waals surface area contributed by atoms with Crippen molar-refractivity contribution in [2.75, 3.05) is 0 Å². The minimum Gasteiger partial charge on any atom is -0.449 e. The fourth-order valence-electron chi connectivity index (χ4n) is 2.96. The second kappa shape index (κ2) is 9.21. The summed E-state index contributed by atoms with van der Waals surface area (Å²) in [4.78, 5) is 12.2. The lowest BCUT2D eigenvalue weighted by Gasteiger charge is -2.06. The van der Waals surface area contributed by atoms with Crippen LogP contribution in [0.2, 0.25) is 0 Å². The summed E-state index contributed by atoms with van der Waals surface area (Å²) < 4.78 is 12.9. The van der Waals surface area contributed by atoms with E-state index >= 15 is 0 Å². The van der Waals surface area contributed by atoms with E-state index < -0.39 is 12.1 Å². The van der Waals surface area contributed by atoms with Gasteiger partial charge in [-0.1, -0.05) is 48.0 Å². The molecule has 4 aromatic rings. The molecule has 0 aliphatic rings. The first kappa shape index (κ1) is 20.3. The second-order valence-corrected chi connectivity index (χ2v) is 7.18. The Labute approximate surface area is 180 Å². The molecule has 7 nitrogen and oxygen atoms in total. The van der Waals surface area contributed by atoms with E-state index in [-0.39, 0.29) is 5.89 Å². The van der Waals surface area contributed by atoms with Gasteiger partial charge in [0, 0.05) is 23.4 Å². The molecule has 0 spiro atoms. The highest BCUT2D eigenvalue weighted by molar-refractivity contribution is 5.87. The van der Waals surface area contributed by atoms with E-state index in [1.54, 1.807) is 19.2 Å². The van der Waals surface area contributed by atoms with Gasteiger partial charge in [0.2, 0.25) is 5.89 Å². The van der Waals surface area contributed by atoms with Gasteiger partial charge in [0.25, 0.3) is 5.89 Å². The third kappa shape index (κ3) is 5.33. The van der Waals surface area contributed by atoms with Crippen molar-refractivity contribution >= 4 is 12.0 Å². The molecule has 7 heteroatoms. The second-order valence-electron chi connectivity index (χ2n) is 7.18. The van der Waals surface area contributed by atoms with E-state index in [2.05, 4.69) is 15.3 Å². The number of aromatic nitrogens is 4. The number of carbonyl (C=O) groups is 1. The lowest BCUT2D eigenvalue weighted by Crippen LogP contribution is -2.06. The Morgan fingerprint density at radius 3 is 2.68 bits per heavy atom. The van der Waals surface area contributed by atoms with Crippen LogP contribution in [-0.4, -0.2) is 25.9 Å². The lowest BCUT2D eigenvalue weighted by molar-refractivity contribution is -0.143. The Hall–Kier alpha value is -4.00. The van der Waals surface area contributed by atoms with Gasteiger partial charge in [0.1, 0.15) is 0 Å². The first-order valence-corrected chi connectivity index (χ1v) is 9.92. The zero-order valence-electron chi connectivity index (χ0n) is 17.3. The van der Waals surface area contributed by atoms with E-state index in [0.717, 1.165) is 22.3 Å². The number of ether oxygens (including phenoxy) is 1. The number of hydrogen-bond acceptors (Lipinski definition) is 6. The van der Waals surface area contributed by atoms with Gasteiger partial charge in [-0.05, 0) is 37.6 Å². The van der Waals surface area contributed by atoms with Crippen molar-refractivity contribution in [3.8, 4) is 11.5 Å². The van der Waals surface area contributed by atoms with Crippen LogP contribution in [0.1, 0.15) is 35.6 Å². The van der Waals surface area contributed by atoms with Gasteiger partial charge in [-0.3, -0.25) is 4.68 Å². The molecule has 0 fully saturated rings. The quantitative estimate of drug-likeness (QED) is 0.324. The molecule has 2 heterocycles. The summed E-state index contributed by atoms with van der Waals surface area (Å²) in [5.74, 6) is 0.130. The van der Waals surface area contributed by atoms with Crippen molar-refractivity contribution in [2.45, 2.75) is 26.5 Å². The number of nitrogens with zero attached hydrogens (tertiary/aromatic N) is 4. The third-order valence-corrected chi connectivity index (χ3v) is 4.63. The lowest BCUT2D eigenvalue weighted by atomic mass is 10.1. The first-order valence-electron chi connectivity index (χ1n) is 9.92. The number of benzene rings is 2. The van der Waals surface area contributed by atoms with Gasteiger partial charge in [-0.15, -0.1) is 10.2 Å². The standard InChI is InChI=1S/C24H22N4O3/c1-17-8-11-21(12-9-17)24-27-26-23(31-24)18(2)30-22(29)13-10-20-14-25-28(16-20)15-19-6-4-3-5-7-19/h3-14,16,18H,15H2,1-2H3/b13-10+/t18-/m1/s1. The number of rotatable bonds is 7. The summed E-state index contributed by atoms with van der Waals surface area (Å²) in [6, 6.07) is 17.8. The fourth-order valence-corrected chi connectivity index (χ4v) is 2.96. The molecule has 156 valence electrons. The topological polar surface area (TPSA) is 83.0 Å². The third-order valence-electron chi connectivity index (χ3n) is 4.63. The smallest absolute Gasteiger partial charge is 0.331 e. The molecule has 2 aromatic heterocycles. The summed E-state index contributed by atoms with van der Waals surface area (Å²) in [6.45, 7) is 4.36. The van der Waals surface area contributed by atoms with E-state index in [0.29, 0.717) is 12.4 Å². The average molecular weight is 414 g/mol. The SMILES string of the molecule is Cc1ccc(-c2nnc([C@@H](C)OC(=O)/C=C/c3cnn(Cc4ccccc4)c3)o2)cc1. The average Bonchev–Trinajstić information content (AvgIpc) is 3.44. The first-order chi connectivity index (χ1) is 15.1. The summed E-state index contributed by atoms with van der Waals surface area (Å²) in [5, 5.41) is 12.4. The van der Waals surface area contributed by atoms with Gasteiger partial charge in [0.05, 0.1) is 12.7 Å². The Morgan fingerprint density at radius 1 is 1.13 bits per heavy atom. The molecular formula is C24H22N4O3. The van der Waals surface area contributed by atoms with Crippen LogP contribution in [0.3, 0.4) is 0 Å². The van der Waals surface area contributed by atoms with Gasteiger partial charge < -0.3 is 9.15 Å². The molecule has 0 saturated heterocycles. The zero-order chi connectivity index (χ0) is 21.6. The summed E-state index contributed by atoms with van der Waals surface area (Å²) in [5.41, 5.74) is 3.91. The molecule has 31 heavy (non-hydrogen) atoms. The Kier molecular flexibility index (Phi) is 6.03. The van der Waals surface area contributed by atoms with Gasteiger partial charge in [0.15, 0.2) is 6.10 Å². The molecule has 0 N–H and O–H groups in total. The van der Waals surface area contributed by atoms with Gasteiger partial charge in [-0.25, -0.2) is 4.79 Å². The summed E-state index contributed by atoms with van der Waals surface area (Å²) in [7, 11) is 0. The molecule has 0 aliphatic carbocycles. The Bertz CT molecular complexity index is 1180. The van der Waals surface area contributed by atoms with Crippen LogP contribution in [-0.2, 0) is 16.1 Å². The monoisotopic (exact) mass is 414 g/mol. The van der Waals surface area contributed by atoms with Crippen LogP contribution >= 0.6 is 0 Å². The predicted octanol–water partition coefficient (Wildman–Crippen LogP) is 4.61. The highest BCUT2D eigenvalue weighted by Crippen LogP contribution is 2.22. The highest BCUT2D eigenvalue weighted by Gasteiger charge is 2.18. The normalized spacial score (nSPS) is 12.2. The van der Waals surface area contributed by atoms with Crippen LogP contribution in [0, 0.1) is 6.92 Å². The maximum atomic E-state index is 12.2. The number of aryl methyl sites for hydroxylation is 1. The largest absolute Gasteiger partial charge is 0.449 e. The minimum absolute atomic E-state index is 0.244. The van der Waals surface area contributed by atoms with Crippen LogP contribution in [0.4, 0.5) is 0 Å². The fraction of sp³-hybridized carbons (Fsp3) is 0.167. The van der Waals surface area contributed by atoms with Crippen molar-refractivity contribution in [3.05, 3.63) is 95.6 Å². The molecule has 4 rings (SSSR count). The van der Waals surface area contributed by atoms with Crippen LogP contribution in [0.25, 0.3) is 17.5 Å². The van der Waals surface area contributed by atoms with Crippen molar-refractivity contribution < 1.29 is 13.9 Å². The zero-order valence-corrected chi connectivity index (χ0v) is 17.3. The van der Waals surface area contributed by atoms with Crippen LogP contribution in [0.15, 0.2) is 77.5 Å². The summed E-state index contributed by atoms with van der Waals surface area (Å²) in [6.07, 6.45) is 5.92. The van der Waals surface area contributed by atoms with Crippen molar-refractivity contribution in [3.63, 3.8) is 0 Å². The van der Waals surface area contributed by atoms with Crippen molar-refractivity contribution in [1.82, 2.24) is 20.0 Å². The number of carbonyl (C=O) groups excluding carboxylic acids is 1. The number of hydrogen-bond donors (Lipinski definition) is 0.